The Morgan fingerprint density at radius 2 is 2.07 bits per heavy atom. The number of aliphatic hydroxyl groups excluding tert-OH is 2. The number of hydrogen-bond acceptors (Lipinski definition) is 7. The highest BCUT2D eigenvalue weighted by atomic mass is 32.5. The van der Waals surface area contributed by atoms with E-state index in [1.165, 1.54) is 37.3 Å². The quantitative estimate of drug-likeness (QED) is 0.137. The second-order valence-electron chi connectivity index (χ2n) is 6.47. The van der Waals surface area contributed by atoms with Crippen molar-refractivity contribution in [3.05, 3.63) is 60.8 Å². The highest BCUT2D eigenvalue weighted by Gasteiger charge is 2.35. The first-order valence-corrected chi connectivity index (χ1v) is 11.5. The van der Waals surface area contributed by atoms with Gasteiger partial charge >= 0.3 is 12.7 Å². The Morgan fingerprint density at radius 3 is 2.69 bits per heavy atom. The van der Waals surface area contributed by atoms with Crippen LogP contribution in [-0.4, -0.2) is 61.6 Å². The predicted molar refractivity (Wildman–Crippen MR) is 112 cm³/mol. The van der Waals surface area contributed by atoms with Crippen LogP contribution >= 0.6 is 6.72 Å². The fourth-order valence-electron chi connectivity index (χ4n) is 2.37. The van der Waals surface area contributed by atoms with E-state index < -0.39 is 36.6 Å². The monoisotopic (exact) mass is 446 g/mol. The van der Waals surface area contributed by atoms with Crippen LogP contribution in [0.25, 0.3) is 0 Å². The maximum atomic E-state index is 11.3. The second kappa shape index (κ2) is 12.3. The number of rotatable bonds is 11. The van der Waals surface area contributed by atoms with Crippen LogP contribution in [0.15, 0.2) is 60.8 Å². The average Bonchev–Trinajstić information content (AvgIpc) is 2.61. The zero-order valence-corrected chi connectivity index (χ0v) is 17.7. The number of esters is 1. The fraction of sp³-hybridized carbons (Fsp3) is 0.421. The number of cyclic esters (lactones) is 1. The van der Waals surface area contributed by atoms with E-state index in [-0.39, 0.29) is 13.0 Å². The lowest BCUT2D eigenvalue weighted by atomic mass is 9.93. The van der Waals surface area contributed by atoms with E-state index in [0.29, 0.717) is 6.42 Å². The standard InChI is InChI=1S/C19H27O8PS/c1-19(23,12-11-16-9-7-10-18(22)26-16)17(27-28(24,25)29)14-15(21)8-5-3-2-4-6-13-20/h2-8,10-12,15-17,20-21,23H,9,13-14H2,1H3,(H2,24,25,29)/b3-2-,6-4+,8-5-,12-11+/t15-,16+,17+,19+/m0/s1. The highest BCUT2D eigenvalue weighted by Crippen LogP contribution is 2.42. The van der Waals surface area contributed by atoms with Crippen LogP contribution in [0.3, 0.4) is 0 Å². The molecule has 5 N–H and O–H groups in total. The van der Waals surface area contributed by atoms with Crippen LogP contribution in [0.2, 0.25) is 0 Å². The molecule has 1 rings (SSSR count). The zero-order chi connectivity index (χ0) is 21.9. The van der Waals surface area contributed by atoms with Gasteiger partial charge in [-0.1, -0.05) is 48.6 Å². The number of allylic oxidation sites excluding steroid dienone is 4. The second-order valence-corrected chi connectivity index (χ2v) is 9.09. The van der Waals surface area contributed by atoms with Crippen LogP contribution in [-0.2, 0) is 25.9 Å². The summed E-state index contributed by atoms with van der Waals surface area (Å²) in [4.78, 5) is 30.3. The van der Waals surface area contributed by atoms with E-state index in [1.807, 2.05) is 0 Å². The van der Waals surface area contributed by atoms with Crippen LogP contribution in [0.5, 0.6) is 0 Å². The molecule has 0 aromatic carbocycles. The van der Waals surface area contributed by atoms with Gasteiger partial charge in [-0.2, -0.15) is 0 Å². The Bertz CT molecular complexity index is 720. The Kier molecular flexibility index (Phi) is 10.9. The molecule has 4 atom stereocenters. The molecule has 0 amide bonds. The number of aliphatic hydroxyl groups is 3. The average molecular weight is 446 g/mol. The van der Waals surface area contributed by atoms with E-state index in [4.69, 9.17) is 14.4 Å². The van der Waals surface area contributed by atoms with Crippen LogP contribution < -0.4 is 0 Å². The maximum Gasteiger partial charge on any atom is 0.331 e. The third-order valence-electron chi connectivity index (χ3n) is 3.82. The molecule has 1 heterocycles. The molecule has 0 fully saturated rings. The summed E-state index contributed by atoms with van der Waals surface area (Å²) in [6.07, 6.45) is 12.5. The Morgan fingerprint density at radius 1 is 1.38 bits per heavy atom. The number of carbonyl (C=O) groups excluding carboxylic acids is 1. The summed E-state index contributed by atoms with van der Waals surface area (Å²) in [5, 5.41) is 29.5. The molecule has 29 heavy (non-hydrogen) atoms. The summed E-state index contributed by atoms with van der Waals surface area (Å²) in [6, 6.07) is 0. The lowest BCUT2D eigenvalue weighted by Crippen LogP contribution is -2.41. The van der Waals surface area contributed by atoms with Gasteiger partial charge in [-0.25, -0.2) is 4.79 Å². The molecule has 0 saturated carbocycles. The van der Waals surface area contributed by atoms with Crippen molar-refractivity contribution in [2.45, 2.75) is 43.7 Å². The SMILES string of the molecule is C[C@@](O)(/C=C/[C@H]1CC=CC(=O)O1)[C@@H](C[C@@H](O)\C=C/C=C\C=C\CO)OP(O)(O)=S. The molecule has 162 valence electrons. The van der Waals surface area contributed by atoms with Gasteiger partial charge in [0.2, 0.25) is 0 Å². The first-order valence-electron chi connectivity index (χ1n) is 8.85. The van der Waals surface area contributed by atoms with Gasteiger partial charge in [0.05, 0.1) is 12.7 Å². The minimum absolute atomic E-state index is 0.0805. The molecule has 1 aliphatic rings. The molecule has 0 unspecified atom stereocenters. The molecule has 0 bridgehead atoms. The summed E-state index contributed by atoms with van der Waals surface area (Å²) < 4.78 is 10.1. The van der Waals surface area contributed by atoms with Gasteiger partial charge in [-0.05, 0) is 24.8 Å². The van der Waals surface area contributed by atoms with Gasteiger partial charge < -0.3 is 34.4 Å². The normalized spacial score (nSPS) is 22.6. The van der Waals surface area contributed by atoms with Crippen molar-refractivity contribution in [3.8, 4) is 0 Å². The molecule has 1 aliphatic heterocycles. The minimum atomic E-state index is -4.12. The molecule has 0 aliphatic carbocycles. The van der Waals surface area contributed by atoms with Gasteiger partial charge in [-0.3, -0.25) is 0 Å². The molecule has 0 radical (unpaired) electrons. The van der Waals surface area contributed by atoms with Crippen LogP contribution in [0.1, 0.15) is 19.8 Å². The van der Waals surface area contributed by atoms with Crippen molar-refractivity contribution in [3.63, 3.8) is 0 Å². The third-order valence-corrected chi connectivity index (χ3v) is 4.61. The smallest absolute Gasteiger partial charge is 0.331 e. The molecule has 10 heteroatoms. The summed E-state index contributed by atoms with van der Waals surface area (Å²) in [6.45, 7) is -2.85. The van der Waals surface area contributed by atoms with Crippen molar-refractivity contribution >= 4 is 24.5 Å². The summed E-state index contributed by atoms with van der Waals surface area (Å²) in [7, 11) is 0. The van der Waals surface area contributed by atoms with Crippen molar-refractivity contribution in [1.29, 1.82) is 0 Å². The Balaban J connectivity index is 2.84. The molecule has 0 aromatic heterocycles. The van der Waals surface area contributed by atoms with Crippen molar-refractivity contribution in [1.82, 2.24) is 0 Å². The van der Waals surface area contributed by atoms with E-state index in [2.05, 4.69) is 11.8 Å². The largest absolute Gasteiger partial charge is 0.455 e. The Labute approximate surface area is 175 Å². The van der Waals surface area contributed by atoms with Gasteiger partial charge in [0.1, 0.15) is 17.8 Å². The summed E-state index contributed by atoms with van der Waals surface area (Å²) in [5.74, 6) is -0.498. The lowest BCUT2D eigenvalue weighted by molar-refractivity contribution is -0.141. The number of hydrogen-bond donors (Lipinski definition) is 5. The molecule has 8 nitrogen and oxygen atoms in total. The molecular formula is C19H27O8PS. The first kappa shape index (κ1) is 25.6. The van der Waals surface area contributed by atoms with Gasteiger partial charge in [0.15, 0.2) is 0 Å². The van der Waals surface area contributed by atoms with Gasteiger partial charge in [0, 0.05) is 18.9 Å². The van der Waals surface area contributed by atoms with Crippen molar-refractivity contribution in [2.75, 3.05) is 6.61 Å². The van der Waals surface area contributed by atoms with Crippen LogP contribution in [0.4, 0.5) is 0 Å². The first-order chi connectivity index (χ1) is 13.5. The van der Waals surface area contributed by atoms with E-state index >= 15 is 0 Å². The predicted octanol–water partition coefficient (Wildman–Crippen LogP) is 1.17. The summed E-state index contributed by atoms with van der Waals surface area (Å²) >= 11 is 4.50. The zero-order valence-electron chi connectivity index (χ0n) is 15.9. The molecular weight excluding hydrogens is 419 g/mol. The third kappa shape index (κ3) is 11.4. The van der Waals surface area contributed by atoms with Crippen LogP contribution in [0, 0.1) is 0 Å². The summed E-state index contributed by atoms with van der Waals surface area (Å²) in [5.41, 5.74) is -1.74. The highest BCUT2D eigenvalue weighted by molar-refractivity contribution is 8.06. The van der Waals surface area contributed by atoms with E-state index in [9.17, 15) is 24.8 Å². The van der Waals surface area contributed by atoms with Gasteiger partial charge in [0.25, 0.3) is 0 Å². The molecule has 0 saturated heterocycles. The van der Waals surface area contributed by atoms with E-state index in [1.54, 1.807) is 30.4 Å². The van der Waals surface area contributed by atoms with Crippen molar-refractivity contribution in [2.24, 2.45) is 0 Å². The number of carbonyl (C=O) groups is 1. The lowest BCUT2D eigenvalue weighted by Gasteiger charge is -2.32. The van der Waals surface area contributed by atoms with Crippen molar-refractivity contribution < 1.29 is 39.2 Å². The Hall–Kier alpha value is -1.42. The topological polar surface area (TPSA) is 137 Å². The minimum Gasteiger partial charge on any atom is -0.455 e. The van der Waals surface area contributed by atoms with Gasteiger partial charge in [-0.15, -0.1) is 0 Å². The fourth-order valence-corrected chi connectivity index (χ4v) is 3.32. The molecule has 0 spiro atoms. The number of ether oxygens (including phenoxy) is 1. The van der Waals surface area contributed by atoms with E-state index in [0.717, 1.165) is 0 Å². The maximum absolute atomic E-state index is 11.3. The molecule has 0 aromatic rings.